The van der Waals surface area contributed by atoms with Crippen LogP contribution in [-0.4, -0.2) is 25.3 Å². The largest absolute Gasteiger partial charge is 0.374 e. The van der Waals surface area contributed by atoms with Crippen molar-refractivity contribution in [2.75, 3.05) is 13.7 Å². The molecular weight excluding hydrogens is 334 g/mol. The molecule has 114 valence electrons. The van der Waals surface area contributed by atoms with Crippen molar-refractivity contribution in [3.05, 3.63) is 20.8 Å². The van der Waals surface area contributed by atoms with Crippen LogP contribution in [0.3, 0.4) is 0 Å². The van der Waals surface area contributed by atoms with E-state index >= 15 is 0 Å². The molecule has 1 heterocycles. The summed E-state index contributed by atoms with van der Waals surface area (Å²) >= 11 is 5.38. The van der Waals surface area contributed by atoms with Crippen molar-refractivity contribution < 1.29 is 4.74 Å². The van der Waals surface area contributed by atoms with Crippen molar-refractivity contribution in [3.63, 3.8) is 0 Å². The normalized spacial score (nSPS) is 28.5. The molecule has 0 amide bonds. The number of hydrogen-bond donors (Lipinski definition) is 1. The van der Waals surface area contributed by atoms with Crippen molar-refractivity contribution in [2.24, 2.45) is 5.92 Å². The summed E-state index contributed by atoms with van der Waals surface area (Å²) in [5.41, 5.74) is 0.0115. The van der Waals surface area contributed by atoms with Gasteiger partial charge in [0.25, 0.3) is 0 Å². The smallest absolute Gasteiger partial charge is 0.0840 e. The Kier molecular flexibility index (Phi) is 6.09. The lowest BCUT2D eigenvalue weighted by Gasteiger charge is -2.45. The molecule has 20 heavy (non-hydrogen) atoms. The molecule has 0 aromatic carbocycles. The molecule has 1 aliphatic rings. The van der Waals surface area contributed by atoms with Gasteiger partial charge in [-0.05, 0) is 61.1 Å². The fourth-order valence-corrected chi connectivity index (χ4v) is 5.09. The molecule has 1 fully saturated rings. The molecule has 0 saturated heterocycles. The Hall–Kier alpha value is 0.1000. The van der Waals surface area contributed by atoms with Crippen LogP contribution in [0.15, 0.2) is 15.9 Å². The predicted molar refractivity (Wildman–Crippen MR) is 90.6 cm³/mol. The molecule has 4 heteroatoms. The van der Waals surface area contributed by atoms with E-state index in [1.165, 1.54) is 35.0 Å². The van der Waals surface area contributed by atoms with Crippen molar-refractivity contribution in [1.29, 1.82) is 0 Å². The number of thiophene rings is 1. The Morgan fingerprint density at radius 1 is 1.60 bits per heavy atom. The van der Waals surface area contributed by atoms with Crippen LogP contribution in [0.2, 0.25) is 0 Å². The molecule has 1 N–H and O–H groups in total. The molecule has 0 aliphatic heterocycles. The van der Waals surface area contributed by atoms with E-state index in [-0.39, 0.29) is 5.60 Å². The molecule has 2 rings (SSSR count). The summed E-state index contributed by atoms with van der Waals surface area (Å²) in [4.78, 5) is 1.42. The van der Waals surface area contributed by atoms with E-state index in [0.29, 0.717) is 6.04 Å². The lowest BCUT2D eigenvalue weighted by Crippen LogP contribution is -2.55. The highest BCUT2D eigenvalue weighted by atomic mass is 79.9. The zero-order chi connectivity index (χ0) is 14.6. The average Bonchev–Trinajstić information content (AvgIpc) is 2.82. The van der Waals surface area contributed by atoms with Gasteiger partial charge in [-0.3, -0.25) is 0 Å². The molecular formula is C16H26BrNOS. The fourth-order valence-electron chi connectivity index (χ4n) is 3.59. The van der Waals surface area contributed by atoms with Gasteiger partial charge in [-0.15, -0.1) is 11.3 Å². The molecule has 1 aromatic heterocycles. The number of nitrogens with one attached hydrogen (secondary N) is 1. The summed E-state index contributed by atoms with van der Waals surface area (Å²) < 4.78 is 7.49. The van der Waals surface area contributed by atoms with E-state index in [1.54, 1.807) is 0 Å². The van der Waals surface area contributed by atoms with Gasteiger partial charge in [-0.2, -0.15) is 0 Å². The second-order valence-electron chi connectivity index (χ2n) is 5.98. The Morgan fingerprint density at radius 2 is 2.40 bits per heavy atom. The van der Waals surface area contributed by atoms with Gasteiger partial charge in [0.1, 0.15) is 0 Å². The average molecular weight is 360 g/mol. The number of ether oxygens (including phenoxy) is 1. The monoisotopic (exact) mass is 359 g/mol. The molecule has 0 spiro atoms. The van der Waals surface area contributed by atoms with Crippen LogP contribution in [0, 0.1) is 5.92 Å². The van der Waals surface area contributed by atoms with E-state index in [2.05, 4.69) is 53.6 Å². The highest BCUT2D eigenvalue weighted by Crippen LogP contribution is 2.39. The van der Waals surface area contributed by atoms with Crippen LogP contribution < -0.4 is 5.32 Å². The highest BCUT2D eigenvalue weighted by molar-refractivity contribution is 9.10. The molecule has 1 aromatic rings. The van der Waals surface area contributed by atoms with Gasteiger partial charge in [-0.25, -0.2) is 0 Å². The summed E-state index contributed by atoms with van der Waals surface area (Å²) in [6.07, 6.45) is 6.05. The molecule has 0 radical (unpaired) electrons. The zero-order valence-corrected chi connectivity index (χ0v) is 15.1. The maximum atomic E-state index is 6.30. The number of hydrogen-bond acceptors (Lipinski definition) is 3. The van der Waals surface area contributed by atoms with Crippen LogP contribution in [0.1, 0.15) is 44.4 Å². The summed E-state index contributed by atoms with van der Waals surface area (Å²) in [7, 11) is 2.08. The molecule has 3 atom stereocenters. The van der Waals surface area contributed by atoms with Crippen LogP contribution in [0.5, 0.6) is 0 Å². The van der Waals surface area contributed by atoms with Gasteiger partial charge >= 0.3 is 0 Å². The first kappa shape index (κ1) is 16.5. The predicted octanol–water partition coefficient (Wildman–Crippen LogP) is 4.63. The molecule has 1 aliphatic carbocycles. The highest BCUT2D eigenvalue weighted by Gasteiger charge is 2.42. The first-order valence-electron chi connectivity index (χ1n) is 7.63. The summed E-state index contributed by atoms with van der Waals surface area (Å²) in [6.45, 7) is 5.29. The SMILES string of the molecule is CCOC1(C(Cc2cc(Br)cs2)NC)CCCC(C)C1. The number of halogens is 1. The van der Waals surface area contributed by atoms with Crippen LogP contribution >= 0.6 is 27.3 Å². The summed E-state index contributed by atoms with van der Waals surface area (Å²) in [6, 6.07) is 2.64. The van der Waals surface area contributed by atoms with E-state index in [1.807, 2.05) is 11.3 Å². The van der Waals surface area contributed by atoms with Crippen LogP contribution in [0.4, 0.5) is 0 Å². The van der Waals surface area contributed by atoms with Crippen molar-refractivity contribution in [2.45, 2.75) is 57.6 Å². The van der Waals surface area contributed by atoms with Gasteiger partial charge in [0, 0.05) is 27.4 Å². The first-order valence-corrected chi connectivity index (χ1v) is 9.31. The third-order valence-electron chi connectivity index (χ3n) is 4.43. The standard InChI is InChI=1S/C16H26BrNOS/c1-4-19-16(7-5-6-12(2)10-16)15(18-3)9-14-8-13(17)11-20-14/h8,11-12,15,18H,4-7,9-10H2,1-3H3. The molecule has 1 saturated carbocycles. The second kappa shape index (κ2) is 7.39. The van der Waals surface area contributed by atoms with Gasteiger partial charge in [0.05, 0.1) is 5.60 Å². The fraction of sp³-hybridized carbons (Fsp3) is 0.750. The minimum Gasteiger partial charge on any atom is -0.374 e. The quantitative estimate of drug-likeness (QED) is 0.799. The van der Waals surface area contributed by atoms with Gasteiger partial charge < -0.3 is 10.1 Å². The minimum atomic E-state index is 0.0115. The first-order chi connectivity index (χ1) is 9.59. The van der Waals surface area contributed by atoms with Gasteiger partial charge in [0.15, 0.2) is 0 Å². The van der Waals surface area contributed by atoms with Gasteiger partial charge in [0.2, 0.25) is 0 Å². The Labute approximate surface area is 135 Å². The maximum Gasteiger partial charge on any atom is 0.0840 e. The molecule has 0 bridgehead atoms. The minimum absolute atomic E-state index is 0.0115. The van der Waals surface area contributed by atoms with Crippen molar-refractivity contribution in [3.8, 4) is 0 Å². The van der Waals surface area contributed by atoms with E-state index in [4.69, 9.17) is 4.74 Å². The van der Waals surface area contributed by atoms with Crippen LogP contribution in [-0.2, 0) is 11.2 Å². The number of rotatable bonds is 6. The maximum absolute atomic E-state index is 6.30. The summed E-state index contributed by atoms with van der Waals surface area (Å²) in [5, 5.41) is 5.71. The Bertz CT molecular complexity index is 418. The lowest BCUT2D eigenvalue weighted by atomic mass is 9.73. The van der Waals surface area contributed by atoms with Crippen LogP contribution in [0.25, 0.3) is 0 Å². The van der Waals surface area contributed by atoms with E-state index < -0.39 is 0 Å². The topological polar surface area (TPSA) is 21.3 Å². The van der Waals surface area contributed by atoms with E-state index in [0.717, 1.165) is 18.9 Å². The molecule has 2 nitrogen and oxygen atoms in total. The summed E-state index contributed by atoms with van der Waals surface area (Å²) in [5.74, 6) is 0.765. The van der Waals surface area contributed by atoms with Crippen molar-refractivity contribution >= 4 is 27.3 Å². The van der Waals surface area contributed by atoms with Gasteiger partial charge in [-0.1, -0.05) is 19.8 Å². The Balaban J connectivity index is 2.15. The third kappa shape index (κ3) is 3.85. The lowest BCUT2D eigenvalue weighted by molar-refractivity contribution is -0.0986. The molecule has 3 unspecified atom stereocenters. The zero-order valence-electron chi connectivity index (χ0n) is 12.7. The van der Waals surface area contributed by atoms with E-state index in [9.17, 15) is 0 Å². The Morgan fingerprint density at radius 3 is 2.95 bits per heavy atom. The third-order valence-corrected chi connectivity index (χ3v) is 6.15. The van der Waals surface area contributed by atoms with Crippen molar-refractivity contribution in [1.82, 2.24) is 5.32 Å². The second-order valence-corrected chi connectivity index (χ2v) is 7.89. The number of likely N-dealkylation sites (N-methyl/N-ethyl adjacent to an activating group) is 1.